The topological polar surface area (TPSA) is 42.2 Å². The molecule has 0 unspecified atom stereocenters. The highest BCUT2D eigenvalue weighted by molar-refractivity contribution is 5.35. The first-order chi connectivity index (χ1) is 8.04. The summed E-state index contributed by atoms with van der Waals surface area (Å²) in [6.45, 7) is 7.83. The van der Waals surface area contributed by atoms with E-state index in [2.05, 4.69) is 6.92 Å². The zero-order chi connectivity index (χ0) is 13.0. The third-order valence-corrected chi connectivity index (χ3v) is 3.64. The van der Waals surface area contributed by atoms with Gasteiger partial charge in [-0.3, -0.25) is 9.36 Å². The van der Waals surface area contributed by atoms with Gasteiger partial charge in [0.2, 0.25) is 0 Å². The van der Waals surface area contributed by atoms with Crippen molar-refractivity contribution >= 4 is 0 Å². The van der Waals surface area contributed by atoms with E-state index < -0.39 is 0 Å². The fraction of sp³-hybridized carbons (Fsp3) is 0.643. The molecule has 1 heterocycles. The lowest BCUT2D eigenvalue weighted by atomic mass is 9.99. The van der Waals surface area contributed by atoms with Crippen molar-refractivity contribution in [2.24, 2.45) is 0 Å². The Labute approximate surface area is 103 Å². The molecule has 0 bridgehead atoms. The first-order valence-corrected chi connectivity index (χ1v) is 6.34. The molecule has 17 heavy (non-hydrogen) atoms. The first-order valence-electron chi connectivity index (χ1n) is 6.34. The Morgan fingerprint density at radius 2 is 1.76 bits per heavy atom. The largest absolute Gasteiger partial charge is 0.376 e. The standard InChI is InChI=1S/C14H23NO2/c1-5-6-7-8-13-11(3)10(2)12(4)15(9-16)14(13)17/h16H,5-9H2,1-4H3. The van der Waals surface area contributed by atoms with E-state index in [9.17, 15) is 9.90 Å². The van der Waals surface area contributed by atoms with Gasteiger partial charge in [0, 0.05) is 11.3 Å². The number of unbranched alkanes of at least 4 members (excludes halogenated alkanes) is 2. The number of rotatable bonds is 5. The van der Waals surface area contributed by atoms with Crippen molar-refractivity contribution in [2.75, 3.05) is 0 Å². The van der Waals surface area contributed by atoms with E-state index in [-0.39, 0.29) is 12.3 Å². The molecule has 1 aromatic rings. The van der Waals surface area contributed by atoms with E-state index >= 15 is 0 Å². The first kappa shape index (κ1) is 14.0. The van der Waals surface area contributed by atoms with Crippen molar-refractivity contribution in [3.05, 3.63) is 32.7 Å². The average Bonchev–Trinajstić information content (AvgIpc) is 2.32. The van der Waals surface area contributed by atoms with Crippen LogP contribution in [0.25, 0.3) is 0 Å². The second kappa shape index (κ2) is 6.01. The summed E-state index contributed by atoms with van der Waals surface area (Å²) in [6.07, 6.45) is 4.16. The van der Waals surface area contributed by atoms with Crippen molar-refractivity contribution in [2.45, 2.75) is 60.1 Å². The number of nitrogens with zero attached hydrogens (tertiary/aromatic N) is 1. The van der Waals surface area contributed by atoms with E-state index in [1.54, 1.807) is 0 Å². The number of aliphatic hydroxyl groups is 1. The summed E-state index contributed by atoms with van der Waals surface area (Å²) >= 11 is 0. The highest BCUT2D eigenvalue weighted by atomic mass is 16.3. The minimum Gasteiger partial charge on any atom is -0.376 e. The molecule has 0 spiro atoms. The Morgan fingerprint density at radius 3 is 2.29 bits per heavy atom. The molecule has 3 heteroatoms. The van der Waals surface area contributed by atoms with Gasteiger partial charge in [0.1, 0.15) is 6.73 Å². The Morgan fingerprint density at radius 1 is 1.12 bits per heavy atom. The maximum absolute atomic E-state index is 12.2. The quantitative estimate of drug-likeness (QED) is 0.799. The van der Waals surface area contributed by atoms with Gasteiger partial charge >= 0.3 is 0 Å². The number of aliphatic hydroxyl groups excluding tert-OH is 1. The van der Waals surface area contributed by atoms with Gasteiger partial charge in [0.05, 0.1) is 0 Å². The number of hydrogen-bond donors (Lipinski definition) is 1. The molecule has 0 aromatic carbocycles. The third-order valence-electron chi connectivity index (χ3n) is 3.64. The Balaban J connectivity index is 3.20. The smallest absolute Gasteiger partial charge is 0.256 e. The second-order valence-electron chi connectivity index (χ2n) is 4.65. The molecule has 0 aliphatic heterocycles. The second-order valence-corrected chi connectivity index (χ2v) is 4.65. The van der Waals surface area contributed by atoms with Crippen molar-refractivity contribution in [1.29, 1.82) is 0 Å². The fourth-order valence-electron chi connectivity index (χ4n) is 2.19. The summed E-state index contributed by atoms with van der Waals surface area (Å²) in [5.41, 5.74) is 3.92. The van der Waals surface area contributed by atoms with Gasteiger partial charge in [-0.05, 0) is 44.7 Å². The zero-order valence-electron chi connectivity index (χ0n) is 11.3. The number of aromatic nitrogens is 1. The summed E-state index contributed by atoms with van der Waals surface area (Å²) in [7, 11) is 0. The van der Waals surface area contributed by atoms with Crippen LogP contribution in [-0.2, 0) is 13.2 Å². The van der Waals surface area contributed by atoms with Crippen LogP contribution in [-0.4, -0.2) is 9.67 Å². The molecule has 0 fully saturated rings. The average molecular weight is 237 g/mol. The molecule has 0 radical (unpaired) electrons. The summed E-state index contributed by atoms with van der Waals surface area (Å²) < 4.78 is 1.46. The highest BCUT2D eigenvalue weighted by Crippen LogP contribution is 2.15. The lowest BCUT2D eigenvalue weighted by Gasteiger charge is -2.16. The van der Waals surface area contributed by atoms with Crippen molar-refractivity contribution in [1.82, 2.24) is 4.57 Å². The molecule has 0 aliphatic rings. The van der Waals surface area contributed by atoms with Gasteiger partial charge in [0.25, 0.3) is 5.56 Å². The molecule has 1 aromatic heterocycles. The van der Waals surface area contributed by atoms with E-state index in [1.165, 1.54) is 4.57 Å². The van der Waals surface area contributed by atoms with Crippen LogP contribution in [0.2, 0.25) is 0 Å². The van der Waals surface area contributed by atoms with E-state index in [1.807, 2.05) is 20.8 Å². The number of pyridine rings is 1. The molecule has 1 N–H and O–H groups in total. The maximum Gasteiger partial charge on any atom is 0.256 e. The van der Waals surface area contributed by atoms with Crippen molar-refractivity contribution in [3.63, 3.8) is 0 Å². The van der Waals surface area contributed by atoms with Crippen LogP contribution in [0.1, 0.15) is 48.6 Å². The van der Waals surface area contributed by atoms with Crippen LogP contribution in [0.5, 0.6) is 0 Å². The van der Waals surface area contributed by atoms with Crippen LogP contribution in [0.15, 0.2) is 4.79 Å². The molecule has 0 saturated carbocycles. The van der Waals surface area contributed by atoms with Gasteiger partial charge in [-0.25, -0.2) is 0 Å². The minimum atomic E-state index is -0.230. The monoisotopic (exact) mass is 237 g/mol. The normalized spacial score (nSPS) is 10.9. The predicted octanol–water partition coefficient (Wildman–Crippen LogP) is 2.46. The lowest BCUT2D eigenvalue weighted by Crippen LogP contribution is -2.28. The lowest BCUT2D eigenvalue weighted by molar-refractivity contribution is 0.202. The van der Waals surface area contributed by atoms with E-state index in [0.717, 1.165) is 48.1 Å². The summed E-state index contributed by atoms with van der Waals surface area (Å²) in [4.78, 5) is 12.2. The summed E-state index contributed by atoms with van der Waals surface area (Å²) in [6, 6.07) is 0. The molecule has 3 nitrogen and oxygen atoms in total. The van der Waals surface area contributed by atoms with Crippen molar-refractivity contribution in [3.8, 4) is 0 Å². The molecule has 0 atom stereocenters. The van der Waals surface area contributed by atoms with Crippen LogP contribution in [0, 0.1) is 20.8 Å². The Bertz CT molecular complexity index is 447. The summed E-state index contributed by atoms with van der Waals surface area (Å²) in [5, 5.41) is 9.27. The van der Waals surface area contributed by atoms with Gasteiger partial charge in [0.15, 0.2) is 0 Å². The third kappa shape index (κ3) is 2.78. The molecule has 0 amide bonds. The molecule has 0 aliphatic carbocycles. The Kier molecular flexibility index (Phi) is 4.94. The molecular weight excluding hydrogens is 214 g/mol. The van der Waals surface area contributed by atoms with Gasteiger partial charge in [-0.15, -0.1) is 0 Å². The van der Waals surface area contributed by atoms with Crippen LogP contribution in [0.4, 0.5) is 0 Å². The van der Waals surface area contributed by atoms with E-state index in [4.69, 9.17) is 0 Å². The highest BCUT2D eigenvalue weighted by Gasteiger charge is 2.13. The maximum atomic E-state index is 12.2. The van der Waals surface area contributed by atoms with Crippen LogP contribution < -0.4 is 5.56 Å². The molecule has 0 saturated heterocycles. The van der Waals surface area contributed by atoms with Crippen molar-refractivity contribution < 1.29 is 5.11 Å². The number of hydrogen-bond acceptors (Lipinski definition) is 2. The molecular formula is C14H23NO2. The predicted molar refractivity (Wildman–Crippen MR) is 70.4 cm³/mol. The molecule has 1 rings (SSSR count). The van der Waals surface area contributed by atoms with Gasteiger partial charge < -0.3 is 5.11 Å². The zero-order valence-corrected chi connectivity index (χ0v) is 11.3. The van der Waals surface area contributed by atoms with E-state index in [0.29, 0.717) is 0 Å². The minimum absolute atomic E-state index is 0.0239. The summed E-state index contributed by atoms with van der Waals surface area (Å²) in [5.74, 6) is 0. The van der Waals surface area contributed by atoms with Gasteiger partial charge in [-0.2, -0.15) is 0 Å². The van der Waals surface area contributed by atoms with Crippen LogP contribution in [0.3, 0.4) is 0 Å². The van der Waals surface area contributed by atoms with Gasteiger partial charge in [-0.1, -0.05) is 19.8 Å². The molecule has 96 valence electrons. The SMILES string of the molecule is CCCCCc1c(C)c(C)c(C)n(CO)c1=O. The Hall–Kier alpha value is -1.09. The van der Waals surface area contributed by atoms with Crippen LogP contribution >= 0.6 is 0 Å². The fourth-order valence-corrected chi connectivity index (χ4v) is 2.19.